The molecule has 8 nitrogen and oxygen atoms in total. The Labute approximate surface area is 207 Å². The average molecular weight is 484 g/mol. The van der Waals surface area contributed by atoms with Crippen molar-refractivity contribution < 1.29 is 23.8 Å². The van der Waals surface area contributed by atoms with Crippen molar-refractivity contribution >= 4 is 29.4 Å². The third-order valence-corrected chi connectivity index (χ3v) is 5.13. The summed E-state index contributed by atoms with van der Waals surface area (Å²) in [5.74, 6) is 5.47. The van der Waals surface area contributed by atoms with Gasteiger partial charge in [-0.15, -0.1) is 0 Å². The molecular formula is C27H37N3O5. The molecule has 8 heteroatoms. The van der Waals surface area contributed by atoms with Crippen LogP contribution in [0.2, 0.25) is 0 Å². The SMILES string of the molecule is CCOC(=O)/C=C/c1ccc(N(N)CCOCCc2ccc(C(=O)OC(C)(C)C)cc2)c(N)c1C. The summed E-state index contributed by atoms with van der Waals surface area (Å²) in [6, 6.07) is 11.0. The highest BCUT2D eigenvalue weighted by molar-refractivity contribution is 5.90. The molecule has 0 atom stereocenters. The number of carbonyl (C=O) groups is 2. The smallest absolute Gasteiger partial charge is 0.338 e. The lowest BCUT2D eigenvalue weighted by Crippen LogP contribution is -2.35. The molecule has 0 radical (unpaired) electrons. The molecule has 2 aromatic carbocycles. The van der Waals surface area contributed by atoms with Gasteiger partial charge in [-0.1, -0.05) is 18.2 Å². The van der Waals surface area contributed by atoms with Crippen LogP contribution in [-0.2, 0) is 25.4 Å². The number of nitrogens with two attached hydrogens (primary N) is 2. The van der Waals surface area contributed by atoms with Gasteiger partial charge in [0.2, 0.25) is 0 Å². The van der Waals surface area contributed by atoms with Crippen molar-refractivity contribution in [2.45, 2.75) is 46.6 Å². The van der Waals surface area contributed by atoms with E-state index in [-0.39, 0.29) is 5.97 Å². The molecule has 0 aromatic heterocycles. The second-order valence-corrected chi connectivity index (χ2v) is 9.05. The summed E-state index contributed by atoms with van der Waals surface area (Å²) >= 11 is 0. The van der Waals surface area contributed by atoms with Crippen molar-refractivity contribution in [2.24, 2.45) is 5.84 Å². The van der Waals surface area contributed by atoms with E-state index in [1.54, 1.807) is 30.1 Å². The van der Waals surface area contributed by atoms with Gasteiger partial charge < -0.3 is 25.0 Å². The fourth-order valence-corrected chi connectivity index (χ4v) is 3.23. The molecule has 2 aromatic rings. The molecule has 2 rings (SSSR count). The Bertz CT molecular complexity index is 1030. The first-order chi connectivity index (χ1) is 16.5. The molecule has 35 heavy (non-hydrogen) atoms. The van der Waals surface area contributed by atoms with Crippen LogP contribution in [0.25, 0.3) is 6.08 Å². The van der Waals surface area contributed by atoms with E-state index in [0.717, 1.165) is 16.7 Å². The van der Waals surface area contributed by atoms with E-state index in [9.17, 15) is 9.59 Å². The molecule has 0 spiro atoms. The first-order valence-electron chi connectivity index (χ1n) is 11.7. The Balaban J connectivity index is 1.81. The van der Waals surface area contributed by atoms with Gasteiger partial charge in [-0.05, 0) is 82.0 Å². The van der Waals surface area contributed by atoms with Gasteiger partial charge in [-0.25, -0.2) is 15.4 Å². The van der Waals surface area contributed by atoms with Crippen LogP contribution in [0.15, 0.2) is 42.5 Å². The zero-order chi connectivity index (χ0) is 26.0. The van der Waals surface area contributed by atoms with Crippen LogP contribution in [0.1, 0.15) is 54.7 Å². The Kier molecular flexibility index (Phi) is 10.3. The van der Waals surface area contributed by atoms with E-state index < -0.39 is 11.6 Å². The van der Waals surface area contributed by atoms with Gasteiger partial charge in [0.05, 0.1) is 43.3 Å². The maximum absolute atomic E-state index is 12.1. The van der Waals surface area contributed by atoms with E-state index >= 15 is 0 Å². The van der Waals surface area contributed by atoms with Crippen molar-refractivity contribution in [3.05, 3.63) is 64.7 Å². The summed E-state index contributed by atoms with van der Waals surface area (Å²) in [4.78, 5) is 23.6. The minimum Gasteiger partial charge on any atom is -0.463 e. The third-order valence-electron chi connectivity index (χ3n) is 5.13. The predicted molar refractivity (Wildman–Crippen MR) is 139 cm³/mol. The van der Waals surface area contributed by atoms with Crippen LogP contribution < -0.4 is 16.6 Å². The lowest BCUT2D eigenvalue weighted by molar-refractivity contribution is -0.137. The first-order valence-corrected chi connectivity index (χ1v) is 11.7. The monoisotopic (exact) mass is 483 g/mol. The topological polar surface area (TPSA) is 117 Å². The number of ether oxygens (including phenoxy) is 3. The zero-order valence-electron chi connectivity index (χ0n) is 21.3. The molecule has 0 amide bonds. The highest BCUT2D eigenvalue weighted by Gasteiger charge is 2.17. The summed E-state index contributed by atoms with van der Waals surface area (Å²) in [6.45, 7) is 10.9. The molecular weight excluding hydrogens is 446 g/mol. The number of nitrogens with zero attached hydrogens (tertiary/aromatic N) is 1. The van der Waals surface area contributed by atoms with E-state index in [4.69, 9.17) is 25.8 Å². The molecule has 0 aliphatic carbocycles. The van der Waals surface area contributed by atoms with Crippen LogP contribution in [0.4, 0.5) is 11.4 Å². The molecule has 0 saturated heterocycles. The average Bonchev–Trinajstić information content (AvgIpc) is 2.79. The van der Waals surface area contributed by atoms with Gasteiger partial charge in [0.15, 0.2) is 0 Å². The largest absolute Gasteiger partial charge is 0.463 e. The fraction of sp³-hybridized carbons (Fsp3) is 0.407. The first kappa shape index (κ1) is 27.9. The fourth-order valence-electron chi connectivity index (χ4n) is 3.23. The molecule has 190 valence electrons. The summed E-state index contributed by atoms with van der Waals surface area (Å²) < 4.78 is 16.0. The van der Waals surface area contributed by atoms with Crippen LogP contribution >= 0.6 is 0 Å². The number of nitrogen functional groups attached to an aromatic ring is 1. The molecule has 0 aliphatic heterocycles. The lowest BCUT2D eigenvalue weighted by Gasteiger charge is -2.22. The summed E-state index contributed by atoms with van der Waals surface area (Å²) in [6.07, 6.45) is 3.77. The number of hydrogen-bond donors (Lipinski definition) is 2. The third kappa shape index (κ3) is 9.07. The molecule has 0 heterocycles. The number of benzene rings is 2. The summed E-state index contributed by atoms with van der Waals surface area (Å²) in [5, 5.41) is 1.55. The maximum atomic E-state index is 12.1. The van der Waals surface area contributed by atoms with E-state index in [0.29, 0.717) is 49.7 Å². The number of hydrogen-bond acceptors (Lipinski definition) is 8. The van der Waals surface area contributed by atoms with Crippen molar-refractivity contribution in [3.8, 4) is 0 Å². The Morgan fingerprint density at radius 1 is 1.06 bits per heavy atom. The van der Waals surface area contributed by atoms with Crippen LogP contribution in [0, 0.1) is 6.92 Å². The Morgan fingerprint density at radius 2 is 1.74 bits per heavy atom. The zero-order valence-corrected chi connectivity index (χ0v) is 21.3. The summed E-state index contributed by atoms with van der Waals surface area (Å²) in [7, 11) is 0. The highest BCUT2D eigenvalue weighted by Crippen LogP contribution is 2.28. The van der Waals surface area contributed by atoms with Gasteiger partial charge >= 0.3 is 11.9 Å². The minimum absolute atomic E-state index is 0.327. The van der Waals surface area contributed by atoms with E-state index in [1.807, 2.05) is 52.0 Å². The number of anilines is 2. The second kappa shape index (κ2) is 12.9. The predicted octanol–water partition coefficient (Wildman–Crippen LogP) is 4.05. The molecule has 4 N–H and O–H groups in total. The second-order valence-electron chi connectivity index (χ2n) is 9.05. The summed E-state index contributed by atoms with van der Waals surface area (Å²) in [5.41, 5.74) is 10.2. The number of rotatable bonds is 11. The van der Waals surface area contributed by atoms with Crippen LogP contribution in [0.5, 0.6) is 0 Å². The standard InChI is InChI=1S/C27H37N3O5/c1-6-34-24(31)14-12-21-11-13-23(25(28)19(21)2)30(29)16-18-33-17-15-20-7-9-22(10-8-20)26(32)35-27(3,4)5/h7-14H,6,15-18,28-29H2,1-5H3/b14-12+. The Morgan fingerprint density at radius 3 is 2.37 bits per heavy atom. The van der Waals surface area contributed by atoms with Crippen LogP contribution in [-0.4, -0.2) is 43.9 Å². The Hall–Kier alpha value is -3.36. The minimum atomic E-state index is -0.521. The number of hydrazine groups is 1. The van der Waals surface area contributed by atoms with E-state index in [2.05, 4.69) is 0 Å². The lowest BCUT2D eigenvalue weighted by atomic mass is 10.0. The van der Waals surface area contributed by atoms with Crippen molar-refractivity contribution in [2.75, 3.05) is 37.1 Å². The van der Waals surface area contributed by atoms with Crippen molar-refractivity contribution in [1.82, 2.24) is 0 Å². The van der Waals surface area contributed by atoms with Gasteiger partial charge in [-0.2, -0.15) is 0 Å². The molecule has 0 unspecified atom stereocenters. The van der Waals surface area contributed by atoms with E-state index in [1.165, 1.54) is 6.08 Å². The maximum Gasteiger partial charge on any atom is 0.338 e. The van der Waals surface area contributed by atoms with Crippen molar-refractivity contribution in [3.63, 3.8) is 0 Å². The van der Waals surface area contributed by atoms with Crippen LogP contribution in [0.3, 0.4) is 0 Å². The molecule has 0 saturated carbocycles. The van der Waals surface area contributed by atoms with Gasteiger partial charge in [0.1, 0.15) is 5.60 Å². The quantitative estimate of drug-likeness (QED) is 0.123. The number of carbonyl (C=O) groups excluding carboxylic acids is 2. The van der Waals surface area contributed by atoms with Gasteiger partial charge in [0, 0.05) is 6.08 Å². The normalized spacial score (nSPS) is 11.5. The molecule has 0 bridgehead atoms. The molecule has 0 fully saturated rings. The highest BCUT2D eigenvalue weighted by atomic mass is 16.6. The molecule has 0 aliphatic rings. The van der Waals surface area contributed by atoms with Crippen molar-refractivity contribution in [1.29, 1.82) is 0 Å². The number of esters is 2. The van der Waals surface area contributed by atoms with Gasteiger partial charge in [-0.3, -0.25) is 0 Å². The van der Waals surface area contributed by atoms with Gasteiger partial charge in [0.25, 0.3) is 0 Å².